The minimum atomic E-state index is 0.343. The van der Waals surface area contributed by atoms with Crippen LogP contribution in [0.5, 0.6) is 0 Å². The minimum Gasteiger partial charge on any atom is -0.335 e. The molecule has 3 rings (SSSR count). The van der Waals surface area contributed by atoms with Crippen molar-refractivity contribution >= 4 is 5.91 Å². The molecule has 1 amide bonds. The molecule has 2 saturated carbocycles. The Bertz CT molecular complexity index is 455. The van der Waals surface area contributed by atoms with Gasteiger partial charge in [0, 0.05) is 18.5 Å². The highest BCUT2D eigenvalue weighted by molar-refractivity contribution is 5.81. The van der Waals surface area contributed by atoms with Crippen LogP contribution < -0.4 is 0 Å². The molecule has 102 valence electrons. The molecule has 0 radical (unpaired) electrons. The number of hydrogen-bond donors (Lipinski definition) is 0. The van der Waals surface area contributed by atoms with Crippen molar-refractivity contribution in [1.29, 1.82) is 0 Å². The summed E-state index contributed by atoms with van der Waals surface area (Å²) in [4.78, 5) is 14.4. The van der Waals surface area contributed by atoms with Gasteiger partial charge in [-0.1, -0.05) is 38.1 Å². The monoisotopic (exact) mass is 257 g/mol. The maximum absolute atomic E-state index is 12.3. The van der Waals surface area contributed by atoms with Gasteiger partial charge in [0.05, 0.1) is 0 Å². The van der Waals surface area contributed by atoms with Gasteiger partial charge in [-0.15, -0.1) is 0 Å². The highest BCUT2D eigenvalue weighted by Crippen LogP contribution is 2.36. The maximum Gasteiger partial charge on any atom is 0.226 e. The predicted molar refractivity (Wildman–Crippen MR) is 76.8 cm³/mol. The summed E-state index contributed by atoms with van der Waals surface area (Å²) in [5.41, 5.74) is 2.64. The lowest BCUT2D eigenvalue weighted by molar-refractivity contribution is -0.133. The third-order valence-corrected chi connectivity index (χ3v) is 4.20. The number of amides is 1. The Hall–Kier alpha value is -1.31. The van der Waals surface area contributed by atoms with Gasteiger partial charge >= 0.3 is 0 Å². The summed E-state index contributed by atoms with van der Waals surface area (Å²) in [5.74, 6) is 1.31. The Labute approximate surface area is 115 Å². The number of carbonyl (C=O) groups is 1. The normalized spacial score (nSPS) is 18.7. The first-order valence-corrected chi connectivity index (χ1v) is 7.54. The zero-order valence-corrected chi connectivity index (χ0v) is 11.9. The average Bonchev–Trinajstić information content (AvgIpc) is 3.29. The summed E-state index contributed by atoms with van der Waals surface area (Å²) < 4.78 is 0. The molecule has 0 heterocycles. The molecule has 1 aromatic rings. The molecule has 0 atom stereocenters. The zero-order valence-electron chi connectivity index (χ0n) is 11.9. The Morgan fingerprint density at radius 1 is 1.16 bits per heavy atom. The molecule has 0 spiro atoms. The van der Waals surface area contributed by atoms with Crippen LogP contribution in [0.2, 0.25) is 0 Å². The molecule has 0 N–H and O–H groups in total. The van der Waals surface area contributed by atoms with Crippen molar-refractivity contribution in [3.63, 3.8) is 0 Å². The van der Waals surface area contributed by atoms with E-state index in [9.17, 15) is 4.79 Å². The summed E-state index contributed by atoms with van der Waals surface area (Å²) in [5, 5.41) is 0. The third-order valence-electron chi connectivity index (χ3n) is 4.20. The molecule has 2 fully saturated rings. The summed E-state index contributed by atoms with van der Waals surface area (Å²) in [6.45, 7) is 5.22. The van der Waals surface area contributed by atoms with Crippen molar-refractivity contribution < 1.29 is 4.79 Å². The molecule has 0 unspecified atom stereocenters. The molecular weight excluding hydrogens is 234 g/mol. The molecule has 2 heteroatoms. The van der Waals surface area contributed by atoms with Crippen LogP contribution in [-0.2, 0) is 11.3 Å². The molecule has 0 bridgehead atoms. The van der Waals surface area contributed by atoms with Crippen LogP contribution in [0.4, 0.5) is 0 Å². The Morgan fingerprint density at radius 3 is 2.26 bits per heavy atom. The van der Waals surface area contributed by atoms with Crippen molar-refractivity contribution in [2.45, 2.75) is 58.0 Å². The molecule has 0 aliphatic heterocycles. The fourth-order valence-electron chi connectivity index (χ4n) is 2.54. The first-order chi connectivity index (χ1) is 9.15. The quantitative estimate of drug-likeness (QED) is 0.787. The Kier molecular flexibility index (Phi) is 3.34. The Morgan fingerprint density at radius 2 is 1.79 bits per heavy atom. The molecule has 1 aromatic carbocycles. The topological polar surface area (TPSA) is 20.3 Å². The van der Waals surface area contributed by atoms with Gasteiger partial charge in [-0.3, -0.25) is 4.79 Å². The van der Waals surface area contributed by atoms with Gasteiger partial charge in [0.25, 0.3) is 0 Å². The highest BCUT2D eigenvalue weighted by atomic mass is 16.2. The van der Waals surface area contributed by atoms with E-state index in [4.69, 9.17) is 0 Å². The lowest BCUT2D eigenvalue weighted by Gasteiger charge is -2.22. The number of hydrogen-bond acceptors (Lipinski definition) is 1. The second-order valence-electron chi connectivity index (χ2n) is 6.37. The van der Waals surface area contributed by atoms with Crippen LogP contribution in [0.25, 0.3) is 0 Å². The van der Waals surface area contributed by atoms with Crippen molar-refractivity contribution in [3.05, 3.63) is 35.4 Å². The van der Waals surface area contributed by atoms with Crippen molar-refractivity contribution in [3.8, 4) is 0 Å². The molecule has 2 aliphatic carbocycles. The van der Waals surface area contributed by atoms with Crippen LogP contribution in [0, 0.1) is 5.92 Å². The van der Waals surface area contributed by atoms with Gasteiger partial charge in [0.1, 0.15) is 0 Å². The lowest BCUT2D eigenvalue weighted by atomic mass is 10.0. The largest absolute Gasteiger partial charge is 0.335 e. The summed E-state index contributed by atoms with van der Waals surface area (Å²) in [6.07, 6.45) is 4.60. The Balaban J connectivity index is 1.69. The predicted octanol–water partition coefficient (Wildman–Crippen LogP) is 3.71. The van der Waals surface area contributed by atoms with E-state index in [1.807, 2.05) is 0 Å². The second-order valence-corrected chi connectivity index (χ2v) is 6.37. The number of carbonyl (C=O) groups excluding carboxylic acids is 1. The van der Waals surface area contributed by atoms with E-state index in [1.54, 1.807) is 0 Å². The molecular formula is C17H23NO. The first-order valence-electron chi connectivity index (χ1n) is 7.54. The van der Waals surface area contributed by atoms with Crippen LogP contribution in [-0.4, -0.2) is 16.8 Å². The SMILES string of the molecule is CC(C)c1ccc(CN(C(=O)C2CC2)C2CC2)cc1. The van der Waals surface area contributed by atoms with Gasteiger partial charge in [0.15, 0.2) is 0 Å². The summed E-state index contributed by atoms with van der Waals surface area (Å²) >= 11 is 0. The van der Waals surface area contributed by atoms with E-state index in [0.29, 0.717) is 23.8 Å². The smallest absolute Gasteiger partial charge is 0.226 e. The fraction of sp³-hybridized carbons (Fsp3) is 0.588. The minimum absolute atomic E-state index is 0.343. The zero-order chi connectivity index (χ0) is 13.4. The molecule has 19 heavy (non-hydrogen) atoms. The fourth-order valence-corrected chi connectivity index (χ4v) is 2.54. The lowest BCUT2D eigenvalue weighted by Crippen LogP contribution is -2.33. The van der Waals surface area contributed by atoms with Crippen LogP contribution in [0.1, 0.15) is 56.6 Å². The molecule has 2 aliphatic rings. The number of nitrogens with zero attached hydrogens (tertiary/aromatic N) is 1. The van der Waals surface area contributed by atoms with Gasteiger partial charge in [-0.25, -0.2) is 0 Å². The molecule has 0 aromatic heterocycles. The molecule has 0 saturated heterocycles. The van der Waals surface area contributed by atoms with E-state index in [2.05, 4.69) is 43.0 Å². The summed E-state index contributed by atoms with van der Waals surface area (Å²) in [6, 6.07) is 9.30. The maximum atomic E-state index is 12.3. The van der Waals surface area contributed by atoms with Crippen molar-refractivity contribution in [2.75, 3.05) is 0 Å². The average molecular weight is 257 g/mol. The number of rotatable bonds is 5. The standard InChI is InChI=1S/C17H23NO/c1-12(2)14-5-3-13(4-6-14)11-18(16-9-10-16)17(19)15-7-8-15/h3-6,12,15-16H,7-11H2,1-2H3. The first kappa shape index (κ1) is 12.7. The van der Waals surface area contributed by atoms with E-state index < -0.39 is 0 Å². The van der Waals surface area contributed by atoms with Gasteiger partial charge in [-0.05, 0) is 42.7 Å². The van der Waals surface area contributed by atoms with Crippen molar-refractivity contribution in [2.24, 2.45) is 5.92 Å². The van der Waals surface area contributed by atoms with Gasteiger partial charge in [-0.2, -0.15) is 0 Å². The van der Waals surface area contributed by atoms with Gasteiger partial charge < -0.3 is 4.90 Å². The van der Waals surface area contributed by atoms with E-state index in [0.717, 1.165) is 19.4 Å². The third kappa shape index (κ3) is 2.99. The van der Waals surface area contributed by atoms with Crippen LogP contribution in [0.15, 0.2) is 24.3 Å². The molecule has 2 nitrogen and oxygen atoms in total. The summed E-state index contributed by atoms with van der Waals surface area (Å²) in [7, 11) is 0. The van der Waals surface area contributed by atoms with Crippen LogP contribution in [0.3, 0.4) is 0 Å². The van der Waals surface area contributed by atoms with Crippen molar-refractivity contribution in [1.82, 2.24) is 4.90 Å². The highest BCUT2D eigenvalue weighted by Gasteiger charge is 2.39. The second kappa shape index (κ2) is 4.99. The van der Waals surface area contributed by atoms with Crippen LogP contribution >= 0.6 is 0 Å². The number of benzene rings is 1. The van der Waals surface area contributed by atoms with E-state index in [1.165, 1.54) is 24.0 Å². The van der Waals surface area contributed by atoms with Gasteiger partial charge in [0.2, 0.25) is 5.91 Å². The van der Waals surface area contributed by atoms with E-state index >= 15 is 0 Å². The van der Waals surface area contributed by atoms with E-state index in [-0.39, 0.29) is 0 Å².